The number of piperazine rings is 1. The zero-order chi connectivity index (χ0) is 17.4. The Balaban J connectivity index is 1.67. The van der Waals surface area contributed by atoms with Gasteiger partial charge in [0.15, 0.2) is 0 Å². The molecule has 0 atom stereocenters. The molecule has 7 heteroatoms. The second-order valence-electron chi connectivity index (χ2n) is 5.91. The van der Waals surface area contributed by atoms with Gasteiger partial charge in [0, 0.05) is 44.3 Å². The predicted molar refractivity (Wildman–Crippen MR) is 94.9 cm³/mol. The Morgan fingerprint density at radius 3 is 2.46 bits per heavy atom. The molecule has 1 heterocycles. The molecule has 0 saturated carbocycles. The highest BCUT2D eigenvalue weighted by molar-refractivity contribution is 6.30. The lowest BCUT2D eigenvalue weighted by Crippen LogP contribution is -2.49. The van der Waals surface area contributed by atoms with Crippen molar-refractivity contribution in [2.45, 2.75) is 13.5 Å². The van der Waals surface area contributed by atoms with Crippen LogP contribution in [0.25, 0.3) is 0 Å². The third kappa shape index (κ3) is 6.47. The van der Waals surface area contributed by atoms with Crippen LogP contribution < -0.4 is 10.6 Å². The fraction of sp³-hybridized carbons (Fsp3) is 0.529. The highest BCUT2D eigenvalue weighted by atomic mass is 35.5. The van der Waals surface area contributed by atoms with E-state index in [0.717, 1.165) is 37.7 Å². The SMILES string of the molecule is CCNC(=O)CNC(=O)CN1CCN(Cc2cccc(Cl)c2)CC1. The van der Waals surface area contributed by atoms with Crippen LogP contribution in [0.15, 0.2) is 24.3 Å². The monoisotopic (exact) mass is 352 g/mol. The van der Waals surface area contributed by atoms with Gasteiger partial charge in [-0.1, -0.05) is 23.7 Å². The minimum absolute atomic E-state index is 0.0431. The lowest BCUT2D eigenvalue weighted by Gasteiger charge is -2.34. The summed E-state index contributed by atoms with van der Waals surface area (Å²) in [5.74, 6) is -0.262. The number of rotatable bonds is 7. The van der Waals surface area contributed by atoms with Gasteiger partial charge in [-0.25, -0.2) is 0 Å². The van der Waals surface area contributed by atoms with E-state index < -0.39 is 0 Å². The largest absolute Gasteiger partial charge is 0.355 e. The van der Waals surface area contributed by atoms with Gasteiger partial charge in [0.25, 0.3) is 0 Å². The lowest BCUT2D eigenvalue weighted by molar-refractivity contribution is -0.127. The van der Waals surface area contributed by atoms with Crippen molar-refractivity contribution in [3.63, 3.8) is 0 Å². The van der Waals surface area contributed by atoms with Gasteiger partial charge in [-0.3, -0.25) is 19.4 Å². The van der Waals surface area contributed by atoms with E-state index in [1.54, 1.807) is 0 Å². The third-order valence-electron chi connectivity index (χ3n) is 3.95. The number of hydrogen-bond donors (Lipinski definition) is 2. The molecule has 0 aromatic heterocycles. The molecule has 1 saturated heterocycles. The van der Waals surface area contributed by atoms with Crippen LogP contribution >= 0.6 is 11.6 Å². The second kappa shape index (κ2) is 9.61. The van der Waals surface area contributed by atoms with E-state index >= 15 is 0 Å². The minimum Gasteiger partial charge on any atom is -0.355 e. The van der Waals surface area contributed by atoms with Crippen LogP contribution in [0.2, 0.25) is 5.02 Å². The minimum atomic E-state index is -0.155. The summed E-state index contributed by atoms with van der Waals surface area (Å²) in [7, 11) is 0. The standard InChI is InChI=1S/C17H25ClN4O2/c1-2-19-16(23)11-20-17(24)13-22-8-6-21(7-9-22)12-14-4-3-5-15(18)10-14/h3-5,10H,2,6-9,11-13H2,1H3,(H,19,23)(H,20,24). The third-order valence-corrected chi connectivity index (χ3v) is 4.18. The summed E-state index contributed by atoms with van der Waals surface area (Å²) in [6.45, 7) is 7.19. The fourth-order valence-corrected chi connectivity index (χ4v) is 2.91. The lowest BCUT2D eigenvalue weighted by atomic mass is 10.2. The predicted octanol–water partition coefficient (Wildman–Crippen LogP) is 0.710. The molecular weight excluding hydrogens is 328 g/mol. The number of carbonyl (C=O) groups is 2. The molecular formula is C17H25ClN4O2. The van der Waals surface area contributed by atoms with Crippen LogP contribution in [0.3, 0.4) is 0 Å². The molecule has 0 spiro atoms. The van der Waals surface area contributed by atoms with Crippen LogP contribution in [0.4, 0.5) is 0 Å². The zero-order valence-electron chi connectivity index (χ0n) is 14.1. The topological polar surface area (TPSA) is 64.7 Å². The molecule has 1 aliphatic rings. The van der Waals surface area contributed by atoms with E-state index in [2.05, 4.69) is 26.5 Å². The van der Waals surface area contributed by atoms with Crippen molar-refractivity contribution in [1.29, 1.82) is 0 Å². The first-order valence-electron chi connectivity index (χ1n) is 8.29. The highest BCUT2D eigenvalue weighted by Gasteiger charge is 2.19. The molecule has 0 unspecified atom stereocenters. The Hall–Kier alpha value is -1.63. The maximum Gasteiger partial charge on any atom is 0.239 e. The number of benzene rings is 1. The fourth-order valence-electron chi connectivity index (χ4n) is 2.70. The Morgan fingerprint density at radius 2 is 1.79 bits per heavy atom. The summed E-state index contributed by atoms with van der Waals surface area (Å²) >= 11 is 6.02. The molecule has 1 aromatic rings. The first kappa shape index (κ1) is 18.7. The van der Waals surface area contributed by atoms with Gasteiger partial charge in [-0.2, -0.15) is 0 Å². The van der Waals surface area contributed by atoms with Gasteiger partial charge in [0.2, 0.25) is 11.8 Å². The molecule has 2 rings (SSSR count). The van der Waals surface area contributed by atoms with Gasteiger partial charge in [0.05, 0.1) is 13.1 Å². The maximum atomic E-state index is 11.9. The normalized spacial score (nSPS) is 15.9. The van der Waals surface area contributed by atoms with E-state index in [-0.39, 0.29) is 18.4 Å². The van der Waals surface area contributed by atoms with Crippen molar-refractivity contribution in [2.75, 3.05) is 45.8 Å². The summed E-state index contributed by atoms with van der Waals surface area (Å²) in [6, 6.07) is 7.91. The summed E-state index contributed by atoms with van der Waals surface area (Å²) in [5.41, 5.74) is 1.20. The first-order valence-corrected chi connectivity index (χ1v) is 8.67. The van der Waals surface area contributed by atoms with Gasteiger partial charge in [-0.05, 0) is 24.6 Å². The van der Waals surface area contributed by atoms with Crippen molar-refractivity contribution >= 4 is 23.4 Å². The molecule has 0 bridgehead atoms. The van der Waals surface area contributed by atoms with Crippen molar-refractivity contribution in [3.8, 4) is 0 Å². The Kier molecular flexibility index (Phi) is 7.49. The Labute approximate surface area is 148 Å². The number of likely N-dealkylation sites (N-methyl/N-ethyl adjacent to an activating group) is 1. The van der Waals surface area contributed by atoms with E-state index in [0.29, 0.717) is 13.1 Å². The molecule has 1 fully saturated rings. The average molecular weight is 353 g/mol. The van der Waals surface area contributed by atoms with Crippen molar-refractivity contribution in [2.24, 2.45) is 0 Å². The number of hydrogen-bond acceptors (Lipinski definition) is 4. The van der Waals surface area contributed by atoms with Crippen LogP contribution in [0.5, 0.6) is 0 Å². The maximum absolute atomic E-state index is 11.9. The second-order valence-corrected chi connectivity index (χ2v) is 6.35. The van der Waals surface area contributed by atoms with E-state index in [1.807, 2.05) is 25.1 Å². The van der Waals surface area contributed by atoms with Crippen LogP contribution in [-0.4, -0.2) is 67.4 Å². The van der Waals surface area contributed by atoms with E-state index in [4.69, 9.17) is 11.6 Å². The highest BCUT2D eigenvalue weighted by Crippen LogP contribution is 2.13. The molecule has 0 aliphatic carbocycles. The quantitative estimate of drug-likeness (QED) is 0.758. The van der Waals surface area contributed by atoms with Crippen LogP contribution in [-0.2, 0) is 16.1 Å². The molecule has 132 valence electrons. The Morgan fingerprint density at radius 1 is 1.08 bits per heavy atom. The first-order chi connectivity index (χ1) is 11.6. The van der Waals surface area contributed by atoms with Crippen LogP contribution in [0, 0.1) is 0 Å². The molecule has 6 nitrogen and oxygen atoms in total. The Bertz CT molecular complexity index is 559. The molecule has 1 aromatic carbocycles. The van der Waals surface area contributed by atoms with Gasteiger partial charge in [0.1, 0.15) is 0 Å². The van der Waals surface area contributed by atoms with Crippen molar-refractivity contribution in [3.05, 3.63) is 34.9 Å². The summed E-state index contributed by atoms with van der Waals surface area (Å²) in [4.78, 5) is 27.7. The molecule has 24 heavy (non-hydrogen) atoms. The average Bonchev–Trinajstić information content (AvgIpc) is 2.55. The number of halogens is 1. The van der Waals surface area contributed by atoms with Crippen molar-refractivity contribution in [1.82, 2.24) is 20.4 Å². The number of nitrogens with zero attached hydrogens (tertiary/aromatic N) is 2. The van der Waals surface area contributed by atoms with Gasteiger partial charge < -0.3 is 10.6 Å². The molecule has 0 radical (unpaired) electrons. The van der Waals surface area contributed by atoms with Crippen LogP contribution in [0.1, 0.15) is 12.5 Å². The van der Waals surface area contributed by atoms with Gasteiger partial charge >= 0.3 is 0 Å². The smallest absolute Gasteiger partial charge is 0.239 e. The zero-order valence-corrected chi connectivity index (χ0v) is 14.8. The number of carbonyl (C=O) groups excluding carboxylic acids is 2. The summed E-state index contributed by atoms with van der Waals surface area (Å²) in [5, 5.41) is 6.06. The number of nitrogens with one attached hydrogen (secondary N) is 2. The van der Waals surface area contributed by atoms with E-state index in [1.165, 1.54) is 5.56 Å². The summed E-state index contributed by atoms with van der Waals surface area (Å²) < 4.78 is 0. The molecule has 2 N–H and O–H groups in total. The summed E-state index contributed by atoms with van der Waals surface area (Å²) in [6.07, 6.45) is 0. The number of amides is 2. The molecule has 1 aliphatic heterocycles. The molecule has 2 amide bonds. The van der Waals surface area contributed by atoms with E-state index in [9.17, 15) is 9.59 Å². The van der Waals surface area contributed by atoms with Crippen molar-refractivity contribution < 1.29 is 9.59 Å². The van der Waals surface area contributed by atoms with Gasteiger partial charge in [-0.15, -0.1) is 0 Å².